The maximum atomic E-state index is 12.4. The summed E-state index contributed by atoms with van der Waals surface area (Å²) in [7, 11) is 0. The average molecular weight is 356 g/mol. The Morgan fingerprint density at radius 3 is 2.27 bits per heavy atom. The molecule has 0 bridgehead atoms. The number of anilines is 1. The summed E-state index contributed by atoms with van der Waals surface area (Å²) in [5.41, 5.74) is 0.696. The fourth-order valence-corrected chi connectivity index (χ4v) is 2.47. The van der Waals surface area contributed by atoms with E-state index in [0.29, 0.717) is 23.2 Å². The number of carboxylic acids is 1. The number of aryl methyl sites for hydroxylation is 1. The fourth-order valence-electron chi connectivity index (χ4n) is 2.47. The van der Waals surface area contributed by atoms with Crippen LogP contribution in [0.15, 0.2) is 42.5 Å². The summed E-state index contributed by atoms with van der Waals surface area (Å²) in [5.74, 6) is -1.42. The van der Waals surface area contributed by atoms with Crippen LogP contribution >= 0.6 is 0 Å². The van der Waals surface area contributed by atoms with E-state index in [9.17, 15) is 24.8 Å². The quantitative estimate of drug-likeness (QED) is 0.605. The molecule has 2 aromatic carbocycles. The minimum absolute atomic E-state index is 0.0845. The smallest absolute Gasteiger partial charge is 0.313 e. The van der Waals surface area contributed by atoms with E-state index in [1.54, 1.807) is 50.2 Å². The molecular formula is C19H20N2O5. The first-order chi connectivity index (χ1) is 12.2. The van der Waals surface area contributed by atoms with Crippen molar-refractivity contribution >= 4 is 23.3 Å². The van der Waals surface area contributed by atoms with Gasteiger partial charge in [0.25, 0.3) is 11.6 Å². The third-order valence-corrected chi connectivity index (χ3v) is 4.32. The van der Waals surface area contributed by atoms with Crippen LogP contribution in [0.3, 0.4) is 0 Å². The zero-order valence-corrected chi connectivity index (χ0v) is 14.8. The number of nitrogens with zero attached hydrogens (tertiary/aromatic N) is 1. The van der Waals surface area contributed by atoms with Crippen molar-refractivity contribution in [3.05, 3.63) is 69.3 Å². The minimum Gasteiger partial charge on any atom is -0.481 e. The Morgan fingerprint density at radius 1 is 1.15 bits per heavy atom. The van der Waals surface area contributed by atoms with Crippen molar-refractivity contribution in [1.82, 2.24) is 0 Å². The van der Waals surface area contributed by atoms with Gasteiger partial charge in [-0.05, 0) is 44.0 Å². The number of amides is 1. The number of aliphatic carboxylic acids is 1. The molecule has 0 aliphatic heterocycles. The Morgan fingerprint density at radius 2 is 1.77 bits per heavy atom. The first kappa shape index (κ1) is 19.1. The first-order valence-corrected chi connectivity index (χ1v) is 8.09. The standard InChI is InChI=1S/C19H20N2O5/c1-4-12-5-6-13(11-16(12)21(25)26)17(22)20-15-9-7-14(8-10-15)19(2,3)18(23)24/h5-11H,4H2,1-3H3,(H,20,22)(H,23,24). The zero-order valence-electron chi connectivity index (χ0n) is 14.8. The molecule has 0 atom stereocenters. The summed E-state index contributed by atoms with van der Waals surface area (Å²) in [6.07, 6.45) is 0.499. The first-order valence-electron chi connectivity index (χ1n) is 8.09. The number of nitro groups is 1. The number of hydrogen-bond donors (Lipinski definition) is 2. The van der Waals surface area contributed by atoms with Crippen LogP contribution in [0.1, 0.15) is 42.3 Å². The molecule has 1 amide bonds. The molecule has 0 radical (unpaired) electrons. The SMILES string of the molecule is CCc1ccc(C(=O)Nc2ccc(C(C)(C)C(=O)O)cc2)cc1[N+](=O)[O-]. The lowest BCUT2D eigenvalue weighted by Crippen LogP contribution is -2.28. The van der Waals surface area contributed by atoms with Gasteiger partial charge in [-0.3, -0.25) is 19.7 Å². The van der Waals surface area contributed by atoms with Gasteiger partial charge < -0.3 is 10.4 Å². The van der Waals surface area contributed by atoms with Crippen molar-refractivity contribution in [2.24, 2.45) is 0 Å². The van der Waals surface area contributed by atoms with Crippen molar-refractivity contribution in [3.63, 3.8) is 0 Å². The number of nitro benzene ring substituents is 1. The number of rotatable bonds is 6. The number of carboxylic acid groups (broad SMARTS) is 1. The highest BCUT2D eigenvalue weighted by Crippen LogP contribution is 2.25. The minimum atomic E-state index is -1.04. The van der Waals surface area contributed by atoms with Crippen molar-refractivity contribution in [2.45, 2.75) is 32.6 Å². The van der Waals surface area contributed by atoms with Gasteiger partial charge in [-0.25, -0.2) is 0 Å². The van der Waals surface area contributed by atoms with Crippen LogP contribution in [0, 0.1) is 10.1 Å². The zero-order chi connectivity index (χ0) is 19.5. The highest BCUT2D eigenvalue weighted by Gasteiger charge is 2.29. The van der Waals surface area contributed by atoms with E-state index in [0.717, 1.165) is 0 Å². The Hall–Kier alpha value is -3.22. The lowest BCUT2D eigenvalue weighted by atomic mass is 9.85. The van der Waals surface area contributed by atoms with Gasteiger partial charge in [-0.15, -0.1) is 0 Å². The molecular weight excluding hydrogens is 336 g/mol. The molecule has 0 fully saturated rings. The molecule has 0 heterocycles. The second-order valence-electron chi connectivity index (χ2n) is 6.42. The largest absolute Gasteiger partial charge is 0.481 e. The van der Waals surface area contributed by atoms with E-state index in [1.165, 1.54) is 6.07 Å². The Kier molecular flexibility index (Phi) is 5.40. The molecule has 2 N–H and O–H groups in total. The van der Waals surface area contributed by atoms with Crippen LogP contribution in [0.4, 0.5) is 11.4 Å². The Labute approximate surface area is 150 Å². The number of hydrogen-bond acceptors (Lipinski definition) is 4. The topological polar surface area (TPSA) is 110 Å². The van der Waals surface area contributed by atoms with Gasteiger partial charge in [0, 0.05) is 22.9 Å². The van der Waals surface area contributed by atoms with Crippen LogP contribution in [0.5, 0.6) is 0 Å². The Balaban J connectivity index is 2.21. The van der Waals surface area contributed by atoms with Crippen LogP contribution in [0.2, 0.25) is 0 Å². The predicted molar refractivity (Wildman–Crippen MR) is 97.5 cm³/mol. The van der Waals surface area contributed by atoms with Crippen molar-refractivity contribution < 1.29 is 19.6 Å². The summed E-state index contributed by atoms with van der Waals surface area (Å²) in [6.45, 7) is 5.00. The molecule has 0 spiro atoms. The second-order valence-corrected chi connectivity index (χ2v) is 6.42. The highest BCUT2D eigenvalue weighted by molar-refractivity contribution is 6.04. The van der Waals surface area contributed by atoms with Gasteiger partial charge in [0.05, 0.1) is 10.3 Å². The van der Waals surface area contributed by atoms with E-state index < -0.39 is 22.2 Å². The van der Waals surface area contributed by atoms with Gasteiger partial charge in [-0.2, -0.15) is 0 Å². The highest BCUT2D eigenvalue weighted by atomic mass is 16.6. The summed E-state index contributed by atoms with van der Waals surface area (Å²) in [4.78, 5) is 34.3. The third kappa shape index (κ3) is 3.88. The van der Waals surface area contributed by atoms with Crippen LogP contribution in [-0.2, 0) is 16.6 Å². The number of benzene rings is 2. The summed E-state index contributed by atoms with van der Waals surface area (Å²) < 4.78 is 0. The molecule has 0 saturated heterocycles. The second kappa shape index (κ2) is 7.35. The van der Waals surface area contributed by atoms with E-state index in [2.05, 4.69) is 5.32 Å². The maximum Gasteiger partial charge on any atom is 0.313 e. The van der Waals surface area contributed by atoms with Gasteiger partial charge in [0.15, 0.2) is 0 Å². The monoisotopic (exact) mass is 356 g/mol. The molecule has 136 valence electrons. The number of carbonyl (C=O) groups excluding carboxylic acids is 1. The molecule has 7 nitrogen and oxygen atoms in total. The van der Waals surface area contributed by atoms with Gasteiger partial charge in [0.1, 0.15) is 0 Å². The normalized spacial score (nSPS) is 11.0. The van der Waals surface area contributed by atoms with E-state index in [1.807, 2.05) is 6.92 Å². The molecule has 7 heteroatoms. The summed E-state index contributed by atoms with van der Waals surface area (Å²) >= 11 is 0. The molecule has 0 aliphatic carbocycles. The van der Waals surface area contributed by atoms with Crippen LogP contribution < -0.4 is 5.32 Å². The lowest BCUT2D eigenvalue weighted by molar-refractivity contribution is -0.385. The number of nitrogens with one attached hydrogen (secondary N) is 1. The molecule has 26 heavy (non-hydrogen) atoms. The van der Waals surface area contributed by atoms with Crippen molar-refractivity contribution in [1.29, 1.82) is 0 Å². The molecule has 0 unspecified atom stereocenters. The lowest BCUT2D eigenvalue weighted by Gasteiger charge is -2.19. The Bertz CT molecular complexity index is 857. The van der Waals surface area contributed by atoms with E-state index in [4.69, 9.17) is 0 Å². The van der Waals surface area contributed by atoms with E-state index >= 15 is 0 Å². The summed E-state index contributed by atoms with van der Waals surface area (Å²) in [6, 6.07) is 10.9. The number of carbonyl (C=O) groups is 2. The van der Waals surface area contributed by atoms with Gasteiger partial charge >= 0.3 is 5.97 Å². The van der Waals surface area contributed by atoms with Gasteiger partial charge in [-0.1, -0.05) is 25.1 Å². The van der Waals surface area contributed by atoms with Crippen LogP contribution in [-0.4, -0.2) is 21.9 Å². The molecule has 2 rings (SSSR count). The summed E-state index contributed by atoms with van der Waals surface area (Å²) in [5, 5.41) is 23.0. The molecule has 0 saturated carbocycles. The predicted octanol–water partition coefficient (Wildman–Crippen LogP) is 3.77. The van der Waals surface area contributed by atoms with Crippen molar-refractivity contribution in [3.8, 4) is 0 Å². The fraction of sp³-hybridized carbons (Fsp3) is 0.263. The molecule has 2 aromatic rings. The van der Waals surface area contributed by atoms with Crippen LogP contribution in [0.25, 0.3) is 0 Å². The van der Waals surface area contributed by atoms with Gasteiger partial charge in [0.2, 0.25) is 0 Å². The average Bonchev–Trinajstić information content (AvgIpc) is 2.61. The van der Waals surface area contributed by atoms with Crippen molar-refractivity contribution in [2.75, 3.05) is 5.32 Å². The van der Waals surface area contributed by atoms with E-state index in [-0.39, 0.29) is 11.3 Å². The molecule has 0 aromatic heterocycles. The molecule has 0 aliphatic rings. The third-order valence-electron chi connectivity index (χ3n) is 4.32. The maximum absolute atomic E-state index is 12.4.